The maximum absolute atomic E-state index is 12.6. The Bertz CT molecular complexity index is 1200. The molecule has 4 rings (SSSR count). The van der Waals surface area contributed by atoms with Gasteiger partial charge in [0.2, 0.25) is 0 Å². The molecule has 0 aliphatic heterocycles. The van der Waals surface area contributed by atoms with Gasteiger partial charge >= 0.3 is 5.97 Å². The fourth-order valence-corrected chi connectivity index (χ4v) is 6.01. The first-order chi connectivity index (χ1) is 15.9. The number of nitrogens with zero attached hydrogens (tertiary/aromatic N) is 2. The van der Waals surface area contributed by atoms with Crippen molar-refractivity contribution in [2.45, 2.75) is 52.5 Å². The molecule has 0 saturated carbocycles. The van der Waals surface area contributed by atoms with Crippen LogP contribution in [0.2, 0.25) is 0 Å². The number of thiophene rings is 1. The molecule has 0 unspecified atom stereocenters. The van der Waals surface area contributed by atoms with Gasteiger partial charge in [0, 0.05) is 10.6 Å². The summed E-state index contributed by atoms with van der Waals surface area (Å²) in [5.41, 5.74) is 5.81. The van der Waals surface area contributed by atoms with Gasteiger partial charge in [0.1, 0.15) is 5.00 Å². The number of aryl methyl sites for hydroxylation is 2. The van der Waals surface area contributed by atoms with Gasteiger partial charge in [0.05, 0.1) is 35.1 Å². The number of hydrogen-bond donors (Lipinski definition) is 2. The predicted molar refractivity (Wildman–Crippen MR) is 142 cm³/mol. The van der Waals surface area contributed by atoms with E-state index >= 15 is 0 Å². The number of fused-ring (bicyclic) bond motifs is 1. The molecule has 2 N–H and O–H groups in total. The molecule has 1 aromatic carbocycles. The average molecular weight is 548 g/mol. The number of carbonyl (C=O) groups is 1. The lowest BCUT2D eigenvalue weighted by atomic mass is 10.1. The summed E-state index contributed by atoms with van der Waals surface area (Å²) in [6.45, 7) is 4.70. The van der Waals surface area contributed by atoms with E-state index in [0.29, 0.717) is 17.2 Å². The van der Waals surface area contributed by atoms with Gasteiger partial charge in [-0.25, -0.2) is 4.79 Å². The number of hydrogen-bond acceptors (Lipinski definition) is 5. The zero-order chi connectivity index (χ0) is 23.5. The highest BCUT2D eigenvalue weighted by Gasteiger charge is 2.25. The van der Waals surface area contributed by atoms with Crippen LogP contribution in [0.4, 0.5) is 10.7 Å². The first-order valence-electron chi connectivity index (χ1n) is 11.0. The van der Waals surface area contributed by atoms with Crippen LogP contribution in [0, 0.1) is 13.8 Å². The minimum Gasteiger partial charge on any atom is -0.465 e. The second kappa shape index (κ2) is 10.4. The van der Waals surface area contributed by atoms with Gasteiger partial charge in [-0.05, 0) is 90.9 Å². The maximum Gasteiger partial charge on any atom is 0.341 e. The molecular weight excluding hydrogens is 520 g/mol. The van der Waals surface area contributed by atoms with Crippen molar-refractivity contribution < 1.29 is 9.53 Å². The quantitative estimate of drug-likeness (QED) is 0.224. The van der Waals surface area contributed by atoms with Crippen molar-refractivity contribution in [3.05, 3.63) is 61.7 Å². The van der Waals surface area contributed by atoms with Gasteiger partial charge in [0.25, 0.3) is 0 Å². The first-order valence-corrected chi connectivity index (χ1v) is 13.0. The van der Waals surface area contributed by atoms with Crippen LogP contribution in [-0.2, 0) is 24.1 Å². The molecule has 6 nitrogen and oxygen atoms in total. The van der Waals surface area contributed by atoms with Crippen molar-refractivity contribution in [2.75, 3.05) is 17.7 Å². The monoisotopic (exact) mass is 546 g/mol. The molecule has 3 aromatic rings. The highest BCUT2D eigenvalue weighted by molar-refractivity contribution is 9.10. The molecule has 2 heterocycles. The van der Waals surface area contributed by atoms with E-state index in [1.54, 1.807) is 11.3 Å². The Morgan fingerprint density at radius 3 is 2.76 bits per heavy atom. The molecule has 0 bridgehead atoms. The number of aromatic nitrogens is 2. The Balaban J connectivity index is 1.50. The normalized spacial score (nSPS) is 13.2. The molecule has 1 aliphatic rings. The molecule has 174 valence electrons. The summed E-state index contributed by atoms with van der Waals surface area (Å²) in [7, 11) is 1.43. The largest absolute Gasteiger partial charge is 0.465 e. The highest BCUT2D eigenvalue weighted by Crippen LogP contribution is 2.38. The van der Waals surface area contributed by atoms with Gasteiger partial charge in [-0.1, -0.05) is 18.6 Å². The van der Waals surface area contributed by atoms with Crippen LogP contribution in [0.25, 0.3) is 0 Å². The average Bonchev–Trinajstić information content (AvgIpc) is 3.12. The SMILES string of the molecule is COC(=O)c1c(NC(=S)Nc2cccc(Cn3nc(C)c(Br)c3C)c2)sc2c1CCCCC2. The van der Waals surface area contributed by atoms with Crippen molar-refractivity contribution in [3.63, 3.8) is 0 Å². The minimum atomic E-state index is -0.308. The summed E-state index contributed by atoms with van der Waals surface area (Å²) in [6, 6.07) is 8.09. The zero-order valence-corrected chi connectivity index (χ0v) is 22.2. The summed E-state index contributed by atoms with van der Waals surface area (Å²) < 4.78 is 8.11. The smallest absolute Gasteiger partial charge is 0.341 e. The van der Waals surface area contributed by atoms with Gasteiger partial charge in [-0.3, -0.25) is 4.68 Å². The number of carbonyl (C=O) groups excluding carboxylic acids is 1. The lowest BCUT2D eigenvalue weighted by molar-refractivity contribution is 0.0601. The number of thiocarbonyl (C=S) groups is 1. The summed E-state index contributed by atoms with van der Waals surface area (Å²) in [6.07, 6.45) is 5.33. The van der Waals surface area contributed by atoms with Crippen molar-refractivity contribution in [1.29, 1.82) is 0 Å². The number of esters is 1. The second-order valence-electron chi connectivity index (χ2n) is 8.18. The molecule has 0 amide bonds. The molecule has 0 radical (unpaired) electrons. The fraction of sp³-hybridized carbons (Fsp3) is 0.375. The third kappa shape index (κ3) is 5.31. The van der Waals surface area contributed by atoms with Crippen LogP contribution in [0.3, 0.4) is 0 Å². The Morgan fingerprint density at radius 1 is 1.24 bits per heavy atom. The standard InChI is InChI=1S/C24H27BrN4O2S2/c1-14-21(25)15(2)29(28-14)13-16-8-7-9-17(12-16)26-24(32)27-22-20(23(30)31-3)18-10-5-4-6-11-19(18)33-22/h7-9,12H,4-6,10-11,13H2,1-3H3,(H2,26,27,32). The van der Waals surface area contributed by atoms with Crippen molar-refractivity contribution in [1.82, 2.24) is 9.78 Å². The van der Waals surface area contributed by atoms with Crippen LogP contribution in [0.15, 0.2) is 28.7 Å². The molecule has 9 heteroatoms. The number of ether oxygens (including phenoxy) is 1. The number of halogens is 1. The molecule has 0 saturated heterocycles. The molecule has 0 atom stereocenters. The number of benzene rings is 1. The Morgan fingerprint density at radius 2 is 2.03 bits per heavy atom. The van der Waals surface area contributed by atoms with E-state index in [0.717, 1.165) is 63.4 Å². The van der Waals surface area contributed by atoms with Crippen LogP contribution in [0.1, 0.15) is 57.0 Å². The van der Waals surface area contributed by atoms with E-state index in [-0.39, 0.29) is 5.97 Å². The Labute approximate surface area is 211 Å². The predicted octanol–water partition coefficient (Wildman–Crippen LogP) is 6.24. The van der Waals surface area contributed by atoms with Crippen LogP contribution in [-0.4, -0.2) is 28.0 Å². The van der Waals surface area contributed by atoms with E-state index < -0.39 is 0 Å². The fourth-order valence-electron chi connectivity index (χ4n) is 4.16. The van der Waals surface area contributed by atoms with Crippen LogP contribution < -0.4 is 10.6 Å². The third-order valence-corrected chi connectivity index (χ3v) is 8.41. The van der Waals surface area contributed by atoms with Gasteiger partial charge in [-0.15, -0.1) is 11.3 Å². The van der Waals surface area contributed by atoms with Crippen molar-refractivity contribution in [3.8, 4) is 0 Å². The molecule has 33 heavy (non-hydrogen) atoms. The molecular formula is C24H27BrN4O2S2. The third-order valence-electron chi connectivity index (χ3n) is 5.85. The summed E-state index contributed by atoms with van der Waals surface area (Å²) in [5.74, 6) is -0.308. The van der Waals surface area contributed by atoms with Crippen LogP contribution in [0.5, 0.6) is 0 Å². The topological polar surface area (TPSA) is 68.2 Å². The van der Waals surface area contributed by atoms with E-state index in [1.807, 2.05) is 30.7 Å². The first kappa shape index (κ1) is 23.9. The Kier molecular flexibility index (Phi) is 7.51. The minimum absolute atomic E-state index is 0.308. The van der Waals surface area contributed by atoms with Crippen LogP contribution >= 0.6 is 39.5 Å². The van der Waals surface area contributed by atoms with E-state index in [4.69, 9.17) is 17.0 Å². The highest BCUT2D eigenvalue weighted by atomic mass is 79.9. The van der Waals surface area contributed by atoms with Crippen molar-refractivity contribution >= 4 is 61.3 Å². The van der Waals surface area contributed by atoms with E-state index in [9.17, 15) is 4.79 Å². The molecule has 2 aromatic heterocycles. The lowest BCUT2D eigenvalue weighted by Crippen LogP contribution is -2.20. The molecule has 1 aliphatic carbocycles. The zero-order valence-electron chi connectivity index (χ0n) is 19.0. The number of rotatable bonds is 5. The second-order valence-corrected chi connectivity index (χ2v) is 10.5. The maximum atomic E-state index is 12.6. The Hall–Kier alpha value is -2.23. The summed E-state index contributed by atoms with van der Waals surface area (Å²) in [4.78, 5) is 13.8. The van der Waals surface area contributed by atoms with Gasteiger partial charge in [-0.2, -0.15) is 5.10 Å². The lowest BCUT2D eigenvalue weighted by Gasteiger charge is -2.12. The van der Waals surface area contributed by atoms with E-state index in [2.05, 4.69) is 43.8 Å². The summed E-state index contributed by atoms with van der Waals surface area (Å²) in [5, 5.41) is 12.3. The van der Waals surface area contributed by atoms with Crippen molar-refractivity contribution in [2.24, 2.45) is 0 Å². The summed E-state index contributed by atoms with van der Waals surface area (Å²) >= 11 is 10.8. The molecule has 0 spiro atoms. The van der Waals surface area contributed by atoms with Gasteiger partial charge in [0.15, 0.2) is 5.11 Å². The number of nitrogens with one attached hydrogen (secondary N) is 2. The van der Waals surface area contributed by atoms with Gasteiger partial charge < -0.3 is 15.4 Å². The number of methoxy groups -OCH3 is 1. The number of anilines is 2. The molecule has 0 fully saturated rings. The van der Waals surface area contributed by atoms with E-state index in [1.165, 1.54) is 18.4 Å².